The molecule has 0 saturated carbocycles. The minimum absolute atomic E-state index is 0.0122. The number of nitrogens with zero attached hydrogens (tertiary/aromatic N) is 2. The zero-order chi connectivity index (χ0) is 20.5. The number of benzene rings is 1. The molecule has 2 aromatic rings. The van der Waals surface area contributed by atoms with Gasteiger partial charge in [-0.25, -0.2) is 14.2 Å². The van der Waals surface area contributed by atoms with Crippen LogP contribution in [0.1, 0.15) is 30.8 Å². The largest absolute Gasteiger partial charge is 0.464 e. The predicted molar refractivity (Wildman–Crippen MR) is 105 cm³/mol. The fourth-order valence-electron chi connectivity index (χ4n) is 3.39. The molecule has 0 aliphatic carbocycles. The lowest BCUT2D eigenvalue weighted by Gasteiger charge is -2.26. The van der Waals surface area contributed by atoms with Crippen LogP contribution in [-0.4, -0.2) is 36.6 Å². The van der Waals surface area contributed by atoms with Crippen molar-refractivity contribution in [2.75, 3.05) is 23.9 Å². The van der Waals surface area contributed by atoms with E-state index in [9.17, 15) is 14.0 Å². The molecule has 1 N–H and O–H groups in total. The topological polar surface area (TPSA) is 71.5 Å². The summed E-state index contributed by atoms with van der Waals surface area (Å²) >= 11 is 5.93. The van der Waals surface area contributed by atoms with Crippen molar-refractivity contribution in [2.24, 2.45) is 5.41 Å². The molecular formula is C20H21ClFN3O3. The first-order valence-electron chi connectivity index (χ1n) is 8.77. The van der Waals surface area contributed by atoms with Gasteiger partial charge >= 0.3 is 5.97 Å². The summed E-state index contributed by atoms with van der Waals surface area (Å²) in [4.78, 5) is 30.5. The highest BCUT2D eigenvalue weighted by Gasteiger charge is 2.41. The van der Waals surface area contributed by atoms with Gasteiger partial charge in [0.2, 0.25) is 5.91 Å². The van der Waals surface area contributed by atoms with Crippen LogP contribution >= 0.6 is 11.6 Å². The lowest BCUT2D eigenvalue weighted by molar-refractivity contribution is -0.117. The number of anilines is 2. The Labute approximate surface area is 167 Å². The van der Waals surface area contributed by atoms with Crippen molar-refractivity contribution in [3.63, 3.8) is 0 Å². The molecule has 1 unspecified atom stereocenters. The zero-order valence-electron chi connectivity index (χ0n) is 15.8. The van der Waals surface area contributed by atoms with Gasteiger partial charge in [-0.2, -0.15) is 0 Å². The number of carbonyl (C=O) groups excluding carboxylic acids is 2. The van der Waals surface area contributed by atoms with E-state index in [-0.39, 0.29) is 22.0 Å². The second-order valence-electron chi connectivity index (χ2n) is 7.52. The first kappa shape index (κ1) is 20.1. The average molecular weight is 406 g/mol. The van der Waals surface area contributed by atoms with Gasteiger partial charge in [-0.15, -0.1) is 0 Å². The third kappa shape index (κ3) is 4.25. The van der Waals surface area contributed by atoms with Crippen molar-refractivity contribution in [1.29, 1.82) is 0 Å². The zero-order valence-corrected chi connectivity index (χ0v) is 16.6. The van der Waals surface area contributed by atoms with Gasteiger partial charge < -0.3 is 15.0 Å². The number of esters is 1. The molecule has 1 aliphatic heterocycles. The summed E-state index contributed by atoms with van der Waals surface area (Å²) in [7, 11) is 1.27. The summed E-state index contributed by atoms with van der Waals surface area (Å²) in [6, 6.07) is 7.03. The molecule has 1 aliphatic rings. The quantitative estimate of drug-likeness (QED) is 0.781. The van der Waals surface area contributed by atoms with E-state index in [1.165, 1.54) is 31.5 Å². The number of hydrogen-bond donors (Lipinski definition) is 1. The second kappa shape index (κ2) is 7.75. The Morgan fingerprint density at radius 2 is 2.07 bits per heavy atom. The molecule has 6 nitrogen and oxygen atoms in total. The summed E-state index contributed by atoms with van der Waals surface area (Å²) in [5.41, 5.74) is 1.12. The second-order valence-corrected chi connectivity index (χ2v) is 7.93. The molecule has 1 atom stereocenters. The van der Waals surface area contributed by atoms with E-state index in [2.05, 4.69) is 28.9 Å². The van der Waals surface area contributed by atoms with E-state index in [0.717, 1.165) is 0 Å². The van der Waals surface area contributed by atoms with Crippen LogP contribution in [0.15, 0.2) is 36.5 Å². The Hall–Kier alpha value is -2.67. The third-order valence-electron chi connectivity index (χ3n) is 4.68. The predicted octanol–water partition coefficient (Wildman–Crippen LogP) is 3.90. The van der Waals surface area contributed by atoms with Gasteiger partial charge in [0.25, 0.3) is 0 Å². The van der Waals surface area contributed by atoms with E-state index in [4.69, 9.17) is 11.6 Å². The maximum Gasteiger partial charge on any atom is 0.356 e. The van der Waals surface area contributed by atoms with E-state index in [1.54, 1.807) is 12.1 Å². The van der Waals surface area contributed by atoms with Crippen LogP contribution in [0.2, 0.25) is 5.02 Å². The van der Waals surface area contributed by atoms with Crippen molar-refractivity contribution < 1.29 is 18.7 Å². The Balaban J connectivity index is 1.84. The normalized spacial score (nSPS) is 18.0. The van der Waals surface area contributed by atoms with Crippen LogP contribution in [0.4, 0.5) is 15.8 Å². The van der Waals surface area contributed by atoms with Crippen molar-refractivity contribution in [1.82, 2.24) is 4.98 Å². The summed E-state index contributed by atoms with van der Waals surface area (Å²) in [5.74, 6) is -1.31. The molecule has 3 rings (SSSR count). The number of methoxy groups -OCH3 is 1. The number of pyridine rings is 1. The minimum atomic E-state index is -0.583. The molecule has 0 radical (unpaired) electrons. The maximum atomic E-state index is 13.5. The molecular weight excluding hydrogens is 385 g/mol. The summed E-state index contributed by atoms with van der Waals surface area (Å²) in [6.45, 7) is 4.76. The van der Waals surface area contributed by atoms with Gasteiger partial charge in [0.15, 0.2) is 0 Å². The Bertz CT molecular complexity index is 919. The number of rotatable bonds is 4. The first-order chi connectivity index (χ1) is 13.2. The van der Waals surface area contributed by atoms with E-state index in [1.807, 2.05) is 4.90 Å². The van der Waals surface area contributed by atoms with Crippen LogP contribution < -0.4 is 10.2 Å². The van der Waals surface area contributed by atoms with Crippen LogP contribution in [0.3, 0.4) is 0 Å². The van der Waals surface area contributed by atoms with Crippen LogP contribution in [-0.2, 0) is 9.53 Å². The monoisotopic (exact) mass is 405 g/mol. The van der Waals surface area contributed by atoms with E-state index >= 15 is 0 Å². The molecule has 8 heteroatoms. The molecule has 1 aromatic carbocycles. The lowest BCUT2D eigenvalue weighted by atomic mass is 9.90. The Morgan fingerprint density at radius 3 is 2.75 bits per heavy atom. The van der Waals surface area contributed by atoms with Crippen molar-refractivity contribution >= 4 is 34.9 Å². The number of halogens is 2. The SMILES string of the molecule is COC(=O)c1cc(NC(=O)C2CC(C)(C)CN2c2ccc(F)c(Cl)c2)ccn1. The molecule has 2 heterocycles. The van der Waals surface area contributed by atoms with Gasteiger partial charge in [0.05, 0.1) is 12.1 Å². The highest BCUT2D eigenvalue weighted by Crippen LogP contribution is 2.38. The van der Waals surface area contributed by atoms with E-state index in [0.29, 0.717) is 24.3 Å². The van der Waals surface area contributed by atoms with Crippen molar-refractivity contribution in [3.8, 4) is 0 Å². The number of hydrogen-bond acceptors (Lipinski definition) is 5. The highest BCUT2D eigenvalue weighted by molar-refractivity contribution is 6.31. The first-order valence-corrected chi connectivity index (χ1v) is 9.15. The molecule has 1 aromatic heterocycles. The highest BCUT2D eigenvalue weighted by atomic mass is 35.5. The molecule has 148 valence electrons. The molecule has 0 spiro atoms. The fourth-order valence-corrected chi connectivity index (χ4v) is 3.56. The minimum Gasteiger partial charge on any atom is -0.464 e. The number of carbonyl (C=O) groups is 2. The van der Waals surface area contributed by atoms with Crippen molar-refractivity contribution in [2.45, 2.75) is 26.3 Å². The summed E-state index contributed by atoms with van der Waals surface area (Å²) < 4.78 is 18.2. The molecule has 0 bridgehead atoms. The van der Waals surface area contributed by atoms with E-state index < -0.39 is 17.8 Å². The smallest absolute Gasteiger partial charge is 0.356 e. The van der Waals surface area contributed by atoms with Gasteiger partial charge in [-0.05, 0) is 42.2 Å². The van der Waals surface area contributed by atoms with Gasteiger partial charge in [0, 0.05) is 24.1 Å². The van der Waals surface area contributed by atoms with Crippen LogP contribution in [0.25, 0.3) is 0 Å². The molecule has 1 amide bonds. The maximum absolute atomic E-state index is 13.5. The van der Waals surface area contributed by atoms with Gasteiger partial charge in [0.1, 0.15) is 17.6 Å². The van der Waals surface area contributed by atoms with Crippen LogP contribution in [0.5, 0.6) is 0 Å². The number of amides is 1. The summed E-state index contributed by atoms with van der Waals surface area (Å²) in [6.07, 6.45) is 2.04. The lowest BCUT2D eigenvalue weighted by Crippen LogP contribution is -2.39. The number of nitrogens with one attached hydrogen (secondary N) is 1. The standard InChI is InChI=1S/C20H21ClFN3O3/c1-20(2)10-17(25(11-20)13-4-5-15(22)14(21)9-13)18(26)24-12-6-7-23-16(8-12)19(27)28-3/h4-9,17H,10-11H2,1-3H3,(H,23,24,26). The molecule has 28 heavy (non-hydrogen) atoms. The Kier molecular flexibility index (Phi) is 5.56. The third-order valence-corrected chi connectivity index (χ3v) is 4.97. The van der Waals surface area contributed by atoms with Gasteiger partial charge in [-0.1, -0.05) is 25.4 Å². The fraction of sp³-hybridized carbons (Fsp3) is 0.350. The van der Waals surface area contributed by atoms with Crippen molar-refractivity contribution in [3.05, 3.63) is 53.1 Å². The van der Waals surface area contributed by atoms with Crippen LogP contribution in [0, 0.1) is 11.2 Å². The average Bonchev–Trinajstić information content (AvgIpc) is 2.99. The number of aromatic nitrogens is 1. The molecule has 1 saturated heterocycles. The number of ether oxygens (including phenoxy) is 1. The summed E-state index contributed by atoms with van der Waals surface area (Å²) in [5, 5.41) is 2.84. The van der Waals surface area contributed by atoms with Gasteiger partial charge in [-0.3, -0.25) is 4.79 Å². The Morgan fingerprint density at radius 1 is 1.32 bits per heavy atom. The molecule has 1 fully saturated rings.